The van der Waals surface area contributed by atoms with Crippen molar-refractivity contribution in [3.05, 3.63) is 28.2 Å². The first-order valence-corrected chi connectivity index (χ1v) is 8.30. The van der Waals surface area contributed by atoms with Gasteiger partial charge in [0.05, 0.1) is 0 Å². The van der Waals surface area contributed by atoms with Gasteiger partial charge in [-0.2, -0.15) is 0 Å². The lowest BCUT2D eigenvalue weighted by atomic mass is 9.96. The summed E-state index contributed by atoms with van der Waals surface area (Å²) < 4.78 is 1.16. The van der Waals surface area contributed by atoms with Crippen LogP contribution in [-0.4, -0.2) is 19.1 Å². The van der Waals surface area contributed by atoms with Crippen LogP contribution in [0.2, 0.25) is 0 Å². The summed E-state index contributed by atoms with van der Waals surface area (Å²) in [7, 11) is 0. The van der Waals surface area contributed by atoms with E-state index < -0.39 is 0 Å². The Labute approximate surface area is 125 Å². The highest BCUT2D eigenvalue weighted by Crippen LogP contribution is 2.31. The molecule has 0 aliphatic carbocycles. The zero-order valence-electron chi connectivity index (χ0n) is 11.9. The van der Waals surface area contributed by atoms with E-state index in [0.717, 1.165) is 23.5 Å². The molecule has 1 atom stereocenters. The first-order chi connectivity index (χ1) is 9.26. The smallest absolute Gasteiger partial charge is 0.0402 e. The van der Waals surface area contributed by atoms with Crippen molar-refractivity contribution in [1.82, 2.24) is 0 Å². The van der Waals surface area contributed by atoms with Crippen molar-refractivity contribution < 1.29 is 0 Å². The summed E-state index contributed by atoms with van der Waals surface area (Å²) >= 11 is 3.58. The van der Waals surface area contributed by atoms with Gasteiger partial charge in [0, 0.05) is 22.7 Å². The molecule has 0 amide bonds. The lowest BCUT2D eigenvalue weighted by Crippen LogP contribution is -2.40. The van der Waals surface area contributed by atoms with Crippen LogP contribution in [0.1, 0.15) is 44.6 Å². The van der Waals surface area contributed by atoms with Crippen LogP contribution in [0, 0.1) is 0 Å². The Morgan fingerprint density at radius 2 is 2.21 bits per heavy atom. The monoisotopic (exact) mass is 324 g/mol. The Balaban J connectivity index is 2.27. The third kappa shape index (κ3) is 3.73. The first kappa shape index (κ1) is 14.9. The van der Waals surface area contributed by atoms with Crippen LogP contribution < -0.4 is 10.6 Å². The van der Waals surface area contributed by atoms with Crippen LogP contribution in [0.3, 0.4) is 0 Å². The van der Waals surface area contributed by atoms with Crippen molar-refractivity contribution >= 4 is 21.6 Å². The molecule has 1 aliphatic heterocycles. The second kappa shape index (κ2) is 7.30. The standard InChI is InChI=1S/C16H25BrN2/c1-2-5-15-6-3-4-11-19(15)16-8-7-14(17)12-13(16)9-10-18/h7-8,12,15H,2-6,9-11,18H2,1H3. The Hall–Kier alpha value is -0.540. The number of halogens is 1. The maximum Gasteiger partial charge on any atom is 0.0402 e. The maximum absolute atomic E-state index is 5.77. The second-order valence-corrected chi connectivity index (χ2v) is 6.36. The van der Waals surface area contributed by atoms with E-state index >= 15 is 0 Å². The average molecular weight is 325 g/mol. The van der Waals surface area contributed by atoms with Gasteiger partial charge in [-0.1, -0.05) is 29.3 Å². The molecule has 2 rings (SSSR count). The van der Waals surface area contributed by atoms with E-state index in [1.54, 1.807) is 0 Å². The second-order valence-electron chi connectivity index (χ2n) is 5.44. The largest absolute Gasteiger partial charge is 0.368 e. The quantitative estimate of drug-likeness (QED) is 0.883. The molecule has 0 aromatic heterocycles. The molecule has 1 aromatic rings. The van der Waals surface area contributed by atoms with Gasteiger partial charge in [-0.15, -0.1) is 0 Å². The van der Waals surface area contributed by atoms with Crippen LogP contribution in [0.15, 0.2) is 22.7 Å². The van der Waals surface area contributed by atoms with Gasteiger partial charge < -0.3 is 10.6 Å². The molecule has 1 saturated heterocycles. The highest BCUT2D eigenvalue weighted by molar-refractivity contribution is 9.10. The highest BCUT2D eigenvalue weighted by Gasteiger charge is 2.23. The lowest BCUT2D eigenvalue weighted by Gasteiger charge is -2.39. The van der Waals surface area contributed by atoms with Gasteiger partial charge in [0.15, 0.2) is 0 Å². The molecule has 0 bridgehead atoms. The predicted octanol–water partition coefficient (Wildman–Crippen LogP) is 4.11. The fourth-order valence-electron chi connectivity index (χ4n) is 3.14. The van der Waals surface area contributed by atoms with E-state index in [9.17, 15) is 0 Å². The van der Waals surface area contributed by atoms with Crippen LogP contribution in [0.4, 0.5) is 5.69 Å². The summed E-state index contributed by atoms with van der Waals surface area (Å²) in [6.45, 7) is 4.20. The van der Waals surface area contributed by atoms with Crippen LogP contribution >= 0.6 is 15.9 Å². The van der Waals surface area contributed by atoms with E-state index in [2.05, 4.69) is 46.0 Å². The lowest BCUT2D eigenvalue weighted by molar-refractivity contribution is 0.434. The molecule has 1 aliphatic rings. The van der Waals surface area contributed by atoms with Crippen molar-refractivity contribution in [2.24, 2.45) is 5.73 Å². The third-order valence-corrected chi connectivity index (χ3v) is 4.51. The summed E-state index contributed by atoms with van der Waals surface area (Å²) in [5.41, 5.74) is 8.57. The van der Waals surface area contributed by atoms with E-state index in [-0.39, 0.29) is 0 Å². The van der Waals surface area contributed by atoms with Gasteiger partial charge in [-0.25, -0.2) is 0 Å². The number of hydrogen-bond acceptors (Lipinski definition) is 2. The molecule has 0 radical (unpaired) electrons. The number of rotatable bonds is 5. The van der Waals surface area contributed by atoms with Crippen molar-refractivity contribution in [2.75, 3.05) is 18.0 Å². The molecular weight excluding hydrogens is 300 g/mol. The SMILES string of the molecule is CCCC1CCCCN1c1ccc(Br)cc1CCN. The maximum atomic E-state index is 5.77. The van der Waals surface area contributed by atoms with E-state index in [1.807, 2.05) is 0 Å². The predicted molar refractivity (Wildman–Crippen MR) is 86.8 cm³/mol. The Morgan fingerprint density at radius 1 is 1.37 bits per heavy atom. The summed E-state index contributed by atoms with van der Waals surface area (Å²) in [6, 6.07) is 7.38. The van der Waals surface area contributed by atoms with Crippen LogP contribution in [-0.2, 0) is 6.42 Å². The average Bonchev–Trinajstić information content (AvgIpc) is 2.41. The highest BCUT2D eigenvalue weighted by atomic mass is 79.9. The number of benzene rings is 1. The number of nitrogens with two attached hydrogens (primary N) is 1. The van der Waals surface area contributed by atoms with Gasteiger partial charge in [0.2, 0.25) is 0 Å². The topological polar surface area (TPSA) is 29.3 Å². The zero-order valence-corrected chi connectivity index (χ0v) is 13.5. The number of piperidine rings is 1. The van der Waals surface area contributed by atoms with Crippen LogP contribution in [0.5, 0.6) is 0 Å². The number of anilines is 1. The van der Waals surface area contributed by atoms with Gasteiger partial charge in [-0.3, -0.25) is 0 Å². The van der Waals surface area contributed by atoms with Crippen molar-refractivity contribution in [3.63, 3.8) is 0 Å². The fraction of sp³-hybridized carbons (Fsp3) is 0.625. The molecule has 19 heavy (non-hydrogen) atoms. The molecule has 1 fully saturated rings. The molecule has 1 unspecified atom stereocenters. The Morgan fingerprint density at radius 3 is 2.95 bits per heavy atom. The Kier molecular flexibility index (Phi) is 5.71. The molecule has 1 heterocycles. The molecule has 0 saturated carbocycles. The summed E-state index contributed by atoms with van der Waals surface area (Å²) in [6.07, 6.45) is 7.57. The van der Waals surface area contributed by atoms with Crippen molar-refractivity contribution in [1.29, 1.82) is 0 Å². The third-order valence-electron chi connectivity index (χ3n) is 4.01. The van der Waals surface area contributed by atoms with Crippen molar-refractivity contribution in [3.8, 4) is 0 Å². The molecular formula is C16H25BrN2. The number of hydrogen-bond donors (Lipinski definition) is 1. The van der Waals surface area contributed by atoms with E-state index in [0.29, 0.717) is 0 Å². The van der Waals surface area contributed by atoms with Gasteiger partial charge >= 0.3 is 0 Å². The van der Waals surface area contributed by atoms with Gasteiger partial charge in [-0.05, 0) is 62.4 Å². The molecule has 1 aromatic carbocycles. The Bertz CT molecular complexity index is 404. The van der Waals surface area contributed by atoms with E-state index in [4.69, 9.17) is 5.73 Å². The minimum absolute atomic E-state index is 0.718. The molecule has 3 heteroatoms. The fourth-order valence-corrected chi connectivity index (χ4v) is 3.55. The van der Waals surface area contributed by atoms with Crippen molar-refractivity contribution in [2.45, 2.75) is 51.5 Å². The molecule has 0 spiro atoms. The van der Waals surface area contributed by atoms with E-state index in [1.165, 1.54) is 49.9 Å². The summed E-state index contributed by atoms with van der Waals surface area (Å²) in [4.78, 5) is 2.63. The van der Waals surface area contributed by atoms with Gasteiger partial charge in [0.25, 0.3) is 0 Å². The minimum atomic E-state index is 0.718. The molecule has 106 valence electrons. The molecule has 2 nitrogen and oxygen atoms in total. The number of nitrogens with zero attached hydrogens (tertiary/aromatic N) is 1. The molecule has 2 N–H and O–H groups in total. The summed E-state index contributed by atoms with van der Waals surface area (Å²) in [5.74, 6) is 0. The minimum Gasteiger partial charge on any atom is -0.368 e. The van der Waals surface area contributed by atoms with Gasteiger partial charge in [0.1, 0.15) is 0 Å². The normalized spacial score (nSPS) is 19.7. The van der Waals surface area contributed by atoms with Crippen LogP contribution in [0.25, 0.3) is 0 Å². The summed E-state index contributed by atoms with van der Waals surface area (Å²) in [5, 5.41) is 0. The first-order valence-electron chi connectivity index (χ1n) is 7.51. The zero-order chi connectivity index (χ0) is 13.7.